The van der Waals surface area contributed by atoms with E-state index in [1.807, 2.05) is 13.2 Å². The SMILES string of the molecule is CCC(CC)(OC)c1ncc(C(C)NC)s1. The molecule has 0 radical (unpaired) electrons. The van der Waals surface area contributed by atoms with Gasteiger partial charge < -0.3 is 10.1 Å². The summed E-state index contributed by atoms with van der Waals surface area (Å²) < 4.78 is 5.68. The molecule has 0 spiro atoms. The Morgan fingerprint density at radius 1 is 1.50 bits per heavy atom. The highest BCUT2D eigenvalue weighted by Gasteiger charge is 2.31. The molecule has 1 aromatic heterocycles. The Hall–Kier alpha value is -0.450. The number of hydrogen-bond donors (Lipinski definition) is 1. The van der Waals surface area contributed by atoms with Crippen LogP contribution in [0.15, 0.2) is 6.20 Å². The highest BCUT2D eigenvalue weighted by atomic mass is 32.1. The second-order valence-corrected chi connectivity index (χ2v) is 5.05. The molecule has 0 saturated carbocycles. The second-order valence-electron chi connectivity index (χ2n) is 3.98. The zero-order valence-electron chi connectivity index (χ0n) is 10.8. The highest BCUT2D eigenvalue weighted by molar-refractivity contribution is 7.11. The Labute approximate surface area is 102 Å². The summed E-state index contributed by atoms with van der Waals surface area (Å²) in [6.45, 7) is 6.44. The summed E-state index contributed by atoms with van der Waals surface area (Å²) in [4.78, 5) is 5.79. The van der Waals surface area contributed by atoms with Crippen molar-refractivity contribution in [2.45, 2.75) is 45.3 Å². The fourth-order valence-electron chi connectivity index (χ4n) is 1.77. The maximum Gasteiger partial charge on any atom is 0.125 e. The van der Waals surface area contributed by atoms with Gasteiger partial charge in [0.25, 0.3) is 0 Å². The van der Waals surface area contributed by atoms with Gasteiger partial charge in [-0.3, -0.25) is 0 Å². The summed E-state index contributed by atoms with van der Waals surface area (Å²) in [5.41, 5.74) is -0.198. The topological polar surface area (TPSA) is 34.1 Å². The van der Waals surface area contributed by atoms with Gasteiger partial charge in [0.05, 0.1) is 0 Å². The van der Waals surface area contributed by atoms with E-state index >= 15 is 0 Å². The Morgan fingerprint density at radius 2 is 2.12 bits per heavy atom. The molecule has 0 aliphatic carbocycles. The fourth-order valence-corrected chi connectivity index (χ4v) is 3.05. The van der Waals surface area contributed by atoms with E-state index in [-0.39, 0.29) is 5.60 Å². The van der Waals surface area contributed by atoms with Crippen LogP contribution in [0.5, 0.6) is 0 Å². The molecular formula is C12H22N2OS. The monoisotopic (exact) mass is 242 g/mol. The quantitative estimate of drug-likeness (QED) is 0.832. The number of thiazole rings is 1. The zero-order chi connectivity index (χ0) is 12.2. The van der Waals surface area contributed by atoms with Gasteiger partial charge in [-0.2, -0.15) is 0 Å². The second kappa shape index (κ2) is 5.75. The minimum Gasteiger partial charge on any atom is -0.371 e. The predicted octanol–water partition coefficient (Wildman–Crippen LogP) is 3.09. The summed E-state index contributed by atoms with van der Waals surface area (Å²) >= 11 is 1.75. The summed E-state index contributed by atoms with van der Waals surface area (Å²) in [6.07, 6.45) is 3.88. The number of ether oxygens (including phenoxy) is 1. The molecule has 16 heavy (non-hydrogen) atoms. The van der Waals surface area contributed by atoms with Crippen molar-refractivity contribution in [3.8, 4) is 0 Å². The molecule has 1 heterocycles. The predicted molar refractivity (Wildman–Crippen MR) is 68.9 cm³/mol. The van der Waals surface area contributed by atoms with Crippen LogP contribution < -0.4 is 5.32 Å². The van der Waals surface area contributed by atoms with Gasteiger partial charge in [0.1, 0.15) is 10.6 Å². The summed E-state index contributed by atoms with van der Waals surface area (Å²) in [7, 11) is 3.74. The molecule has 92 valence electrons. The number of hydrogen-bond acceptors (Lipinski definition) is 4. The van der Waals surface area contributed by atoms with Crippen molar-refractivity contribution in [3.05, 3.63) is 16.1 Å². The normalized spacial score (nSPS) is 14.1. The number of methoxy groups -OCH3 is 1. The van der Waals surface area contributed by atoms with Gasteiger partial charge >= 0.3 is 0 Å². The van der Waals surface area contributed by atoms with E-state index in [2.05, 4.69) is 31.1 Å². The molecule has 0 saturated heterocycles. The number of rotatable bonds is 6. The molecule has 0 bridgehead atoms. The number of nitrogens with one attached hydrogen (secondary N) is 1. The van der Waals surface area contributed by atoms with E-state index in [1.165, 1.54) is 4.88 Å². The molecule has 1 rings (SSSR count). The standard InChI is InChI=1S/C12H22N2OS/c1-6-12(7-2,15-5)11-14-8-10(16-11)9(3)13-4/h8-9,13H,6-7H2,1-5H3. The molecule has 1 unspecified atom stereocenters. The fraction of sp³-hybridized carbons (Fsp3) is 0.750. The first-order chi connectivity index (χ1) is 7.63. The van der Waals surface area contributed by atoms with Crippen molar-refractivity contribution in [2.75, 3.05) is 14.2 Å². The van der Waals surface area contributed by atoms with Crippen molar-refractivity contribution in [1.82, 2.24) is 10.3 Å². The van der Waals surface area contributed by atoms with E-state index in [0.29, 0.717) is 6.04 Å². The van der Waals surface area contributed by atoms with Crippen LogP contribution in [0.1, 0.15) is 49.5 Å². The number of aromatic nitrogens is 1. The third kappa shape index (κ3) is 2.44. The number of nitrogens with zero attached hydrogens (tertiary/aromatic N) is 1. The van der Waals surface area contributed by atoms with Crippen LogP contribution >= 0.6 is 11.3 Å². The van der Waals surface area contributed by atoms with E-state index in [1.54, 1.807) is 18.4 Å². The van der Waals surface area contributed by atoms with Crippen LogP contribution in [0.2, 0.25) is 0 Å². The lowest BCUT2D eigenvalue weighted by Gasteiger charge is -2.27. The summed E-state index contributed by atoms with van der Waals surface area (Å²) in [6, 6.07) is 0.356. The maximum atomic E-state index is 5.68. The molecule has 0 fully saturated rings. The molecule has 4 heteroatoms. The van der Waals surface area contributed by atoms with E-state index < -0.39 is 0 Å². The lowest BCUT2D eigenvalue weighted by atomic mass is 9.98. The molecule has 1 N–H and O–H groups in total. The van der Waals surface area contributed by atoms with Crippen LogP contribution in [0.3, 0.4) is 0 Å². The van der Waals surface area contributed by atoms with Crippen molar-refractivity contribution < 1.29 is 4.74 Å². The molecule has 0 aliphatic rings. The minimum atomic E-state index is -0.198. The third-order valence-corrected chi connectivity index (χ3v) is 4.67. The lowest BCUT2D eigenvalue weighted by Crippen LogP contribution is -2.26. The van der Waals surface area contributed by atoms with Gasteiger partial charge in [-0.15, -0.1) is 11.3 Å². The molecular weight excluding hydrogens is 220 g/mol. The smallest absolute Gasteiger partial charge is 0.125 e. The Balaban J connectivity index is 2.99. The van der Waals surface area contributed by atoms with E-state index in [4.69, 9.17) is 4.74 Å². The Kier molecular flexibility index (Phi) is 4.89. The van der Waals surface area contributed by atoms with Crippen molar-refractivity contribution in [1.29, 1.82) is 0 Å². The molecule has 1 aromatic rings. The summed E-state index contributed by atoms with van der Waals surface area (Å²) in [5.74, 6) is 0. The Bertz CT molecular complexity index is 312. The zero-order valence-corrected chi connectivity index (χ0v) is 11.6. The van der Waals surface area contributed by atoms with Crippen molar-refractivity contribution >= 4 is 11.3 Å². The average Bonchev–Trinajstić information content (AvgIpc) is 2.81. The van der Waals surface area contributed by atoms with Crippen molar-refractivity contribution in [3.63, 3.8) is 0 Å². The van der Waals surface area contributed by atoms with Gasteiger partial charge in [-0.1, -0.05) is 13.8 Å². The van der Waals surface area contributed by atoms with Gasteiger partial charge in [0.2, 0.25) is 0 Å². The molecule has 0 aliphatic heterocycles. The van der Waals surface area contributed by atoms with E-state index in [0.717, 1.165) is 17.8 Å². The highest BCUT2D eigenvalue weighted by Crippen LogP contribution is 2.36. The minimum absolute atomic E-state index is 0.198. The van der Waals surface area contributed by atoms with Gasteiger partial charge in [-0.25, -0.2) is 4.98 Å². The molecule has 0 amide bonds. The van der Waals surface area contributed by atoms with Crippen molar-refractivity contribution in [2.24, 2.45) is 0 Å². The van der Waals surface area contributed by atoms with Gasteiger partial charge in [0.15, 0.2) is 0 Å². The first kappa shape index (κ1) is 13.6. The van der Waals surface area contributed by atoms with Gasteiger partial charge in [0, 0.05) is 24.2 Å². The summed E-state index contributed by atoms with van der Waals surface area (Å²) in [5, 5.41) is 4.32. The van der Waals surface area contributed by atoms with Crippen LogP contribution in [-0.4, -0.2) is 19.1 Å². The van der Waals surface area contributed by atoms with Crippen LogP contribution in [0, 0.1) is 0 Å². The average molecular weight is 242 g/mol. The lowest BCUT2D eigenvalue weighted by molar-refractivity contribution is -0.0218. The molecule has 0 aromatic carbocycles. The van der Waals surface area contributed by atoms with Crippen LogP contribution in [0.4, 0.5) is 0 Å². The van der Waals surface area contributed by atoms with Gasteiger partial charge in [-0.05, 0) is 26.8 Å². The largest absolute Gasteiger partial charge is 0.371 e. The van der Waals surface area contributed by atoms with E-state index in [9.17, 15) is 0 Å². The molecule has 3 nitrogen and oxygen atoms in total. The molecule has 1 atom stereocenters. The Morgan fingerprint density at radius 3 is 2.56 bits per heavy atom. The van der Waals surface area contributed by atoms with Crippen LogP contribution in [0.25, 0.3) is 0 Å². The maximum absolute atomic E-state index is 5.68. The first-order valence-corrected chi connectivity index (χ1v) is 6.63. The van der Waals surface area contributed by atoms with Crippen LogP contribution in [-0.2, 0) is 10.3 Å². The first-order valence-electron chi connectivity index (χ1n) is 5.82. The third-order valence-electron chi connectivity index (χ3n) is 3.31.